The summed E-state index contributed by atoms with van der Waals surface area (Å²) in [5.41, 5.74) is 1.52. The van der Waals surface area contributed by atoms with Crippen molar-refractivity contribution in [2.45, 2.75) is 12.8 Å². The molecule has 0 atom stereocenters. The van der Waals surface area contributed by atoms with Gasteiger partial charge < -0.3 is 15.5 Å². The van der Waals surface area contributed by atoms with E-state index in [1.54, 1.807) is 29.2 Å². The number of nitrogens with one attached hydrogen (secondary N) is 2. The van der Waals surface area contributed by atoms with E-state index in [-0.39, 0.29) is 5.91 Å². The van der Waals surface area contributed by atoms with E-state index in [9.17, 15) is 18.8 Å². The average Bonchev–Trinajstić information content (AvgIpc) is 3.03. The smallest absolute Gasteiger partial charge is 0.314 e. The van der Waals surface area contributed by atoms with Gasteiger partial charge in [0, 0.05) is 30.0 Å². The molecule has 1 aliphatic heterocycles. The molecule has 2 aromatic rings. The van der Waals surface area contributed by atoms with Crippen LogP contribution in [0.15, 0.2) is 48.5 Å². The fourth-order valence-corrected chi connectivity index (χ4v) is 2.55. The third-order valence-electron chi connectivity index (χ3n) is 3.82. The topological polar surface area (TPSA) is 78.5 Å². The second kappa shape index (κ2) is 7.12. The van der Waals surface area contributed by atoms with E-state index in [0.717, 1.165) is 12.1 Å². The number of carbonyl (C=O) groups excluding carboxylic acids is 3. The molecule has 0 bridgehead atoms. The first kappa shape index (κ1) is 16.6. The zero-order valence-electron chi connectivity index (χ0n) is 13.3. The first-order valence-electron chi connectivity index (χ1n) is 7.81. The Morgan fingerprint density at radius 1 is 0.880 bits per heavy atom. The molecular formula is C18H16FN3O3. The Hall–Kier alpha value is -3.22. The number of hydrogen-bond acceptors (Lipinski definition) is 3. The maximum atomic E-state index is 12.8. The van der Waals surface area contributed by atoms with Crippen molar-refractivity contribution in [3.05, 3.63) is 54.3 Å². The molecule has 0 radical (unpaired) electrons. The van der Waals surface area contributed by atoms with Gasteiger partial charge in [-0.3, -0.25) is 14.4 Å². The molecule has 0 aliphatic carbocycles. The van der Waals surface area contributed by atoms with E-state index in [1.807, 2.05) is 0 Å². The number of carbonyl (C=O) groups is 3. The summed E-state index contributed by atoms with van der Waals surface area (Å²) in [6.07, 6.45) is 1.38. The molecule has 1 aliphatic rings. The van der Waals surface area contributed by atoms with E-state index in [2.05, 4.69) is 10.6 Å². The molecule has 25 heavy (non-hydrogen) atoms. The number of halogens is 1. The van der Waals surface area contributed by atoms with Gasteiger partial charge in [0.1, 0.15) is 5.82 Å². The van der Waals surface area contributed by atoms with Crippen LogP contribution in [0.1, 0.15) is 12.8 Å². The Morgan fingerprint density at radius 2 is 1.40 bits per heavy atom. The average molecular weight is 341 g/mol. The number of anilines is 3. The Labute approximate surface area is 143 Å². The van der Waals surface area contributed by atoms with E-state index < -0.39 is 17.6 Å². The van der Waals surface area contributed by atoms with Gasteiger partial charge in [-0.15, -0.1) is 0 Å². The highest BCUT2D eigenvalue weighted by molar-refractivity contribution is 6.43. The third-order valence-corrected chi connectivity index (χ3v) is 3.82. The lowest BCUT2D eigenvalue weighted by atomic mass is 10.2. The zero-order chi connectivity index (χ0) is 17.8. The fraction of sp³-hybridized carbons (Fsp3) is 0.167. The number of rotatable bonds is 3. The minimum Gasteiger partial charge on any atom is -0.318 e. The van der Waals surface area contributed by atoms with Crippen molar-refractivity contribution in [1.82, 2.24) is 0 Å². The molecule has 0 saturated carbocycles. The highest BCUT2D eigenvalue weighted by atomic mass is 19.1. The van der Waals surface area contributed by atoms with Crippen LogP contribution in [0.3, 0.4) is 0 Å². The monoisotopic (exact) mass is 341 g/mol. The molecule has 0 spiro atoms. The van der Waals surface area contributed by atoms with Gasteiger partial charge in [0.05, 0.1) is 0 Å². The van der Waals surface area contributed by atoms with Gasteiger partial charge in [0.25, 0.3) is 0 Å². The van der Waals surface area contributed by atoms with E-state index >= 15 is 0 Å². The molecule has 1 fully saturated rings. The van der Waals surface area contributed by atoms with Gasteiger partial charge in [-0.2, -0.15) is 0 Å². The van der Waals surface area contributed by atoms with E-state index in [0.29, 0.717) is 24.3 Å². The van der Waals surface area contributed by atoms with Crippen molar-refractivity contribution in [2.24, 2.45) is 0 Å². The number of hydrogen-bond donors (Lipinski definition) is 2. The predicted octanol–water partition coefficient (Wildman–Crippen LogP) is 2.53. The Morgan fingerprint density at radius 3 is 1.88 bits per heavy atom. The molecule has 3 rings (SSSR count). The highest BCUT2D eigenvalue weighted by Gasteiger charge is 2.21. The minimum atomic E-state index is -0.856. The summed E-state index contributed by atoms with van der Waals surface area (Å²) >= 11 is 0. The van der Waals surface area contributed by atoms with Gasteiger partial charge in [0.15, 0.2) is 0 Å². The predicted molar refractivity (Wildman–Crippen MR) is 91.7 cm³/mol. The summed E-state index contributed by atoms with van der Waals surface area (Å²) < 4.78 is 12.8. The Balaban J connectivity index is 1.59. The van der Waals surface area contributed by atoms with Crippen LogP contribution in [0, 0.1) is 5.82 Å². The zero-order valence-corrected chi connectivity index (χ0v) is 13.3. The fourth-order valence-electron chi connectivity index (χ4n) is 2.55. The molecular weight excluding hydrogens is 325 g/mol. The molecule has 128 valence electrons. The second-order valence-corrected chi connectivity index (χ2v) is 5.61. The number of benzene rings is 2. The van der Waals surface area contributed by atoms with Crippen molar-refractivity contribution < 1.29 is 18.8 Å². The van der Waals surface area contributed by atoms with Crippen molar-refractivity contribution in [1.29, 1.82) is 0 Å². The normalized spacial score (nSPS) is 13.6. The SMILES string of the molecule is O=C(Nc1ccc(F)cc1)C(=O)Nc1ccc(N2CCCC2=O)cc1. The van der Waals surface area contributed by atoms with Gasteiger partial charge in [-0.05, 0) is 55.0 Å². The molecule has 7 heteroatoms. The molecule has 2 N–H and O–H groups in total. The lowest BCUT2D eigenvalue weighted by Gasteiger charge is -2.16. The molecule has 1 heterocycles. The van der Waals surface area contributed by atoms with Crippen LogP contribution in [0.4, 0.5) is 21.5 Å². The lowest BCUT2D eigenvalue weighted by molar-refractivity contribution is -0.132. The van der Waals surface area contributed by atoms with Crippen molar-refractivity contribution in [3.63, 3.8) is 0 Å². The van der Waals surface area contributed by atoms with Gasteiger partial charge in [-0.1, -0.05) is 0 Å². The summed E-state index contributed by atoms with van der Waals surface area (Å²) in [7, 11) is 0. The van der Waals surface area contributed by atoms with Crippen LogP contribution in [0.2, 0.25) is 0 Å². The molecule has 3 amide bonds. The van der Waals surface area contributed by atoms with Crippen LogP contribution in [-0.4, -0.2) is 24.3 Å². The third kappa shape index (κ3) is 4.00. The highest BCUT2D eigenvalue weighted by Crippen LogP contribution is 2.23. The first-order chi connectivity index (χ1) is 12.0. The maximum absolute atomic E-state index is 12.8. The standard InChI is InChI=1S/C18H16FN3O3/c19-12-3-5-13(6-4-12)20-17(24)18(25)21-14-7-9-15(10-8-14)22-11-1-2-16(22)23/h3-10H,1-2,11H2,(H,20,24)(H,21,25). The quantitative estimate of drug-likeness (QED) is 0.842. The van der Waals surface area contributed by atoms with Crippen LogP contribution < -0.4 is 15.5 Å². The first-order valence-corrected chi connectivity index (χ1v) is 7.81. The lowest BCUT2D eigenvalue weighted by Crippen LogP contribution is -2.29. The summed E-state index contributed by atoms with van der Waals surface area (Å²) in [5.74, 6) is -2.05. The number of nitrogens with zero attached hydrogens (tertiary/aromatic N) is 1. The van der Waals surface area contributed by atoms with Crippen LogP contribution in [0.25, 0.3) is 0 Å². The van der Waals surface area contributed by atoms with E-state index in [4.69, 9.17) is 0 Å². The van der Waals surface area contributed by atoms with Gasteiger partial charge >= 0.3 is 11.8 Å². The number of amides is 3. The summed E-state index contributed by atoms with van der Waals surface area (Å²) in [6.45, 7) is 0.685. The Kier molecular flexibility index (Phi) is 4.74. The van der Waals surface area contributed by atoms with Crippen LogP contribution >= 0.6 is 0 Å². The Bertz CT molecular complexity index is 803. The molecule has 1 saturated heterocycles. The maximum Gasteiger partial charge on any atom is 0.314 e. The van der Waals surface area contributed by atoms with E-state index in [1.165, 1.54) is 24.3 Å². The second-order valence-electron chi connectivity index (χ2n) is 5.61. The van der Waals surface area contributed by atoms with Crippen molar-refractivity contribution >= 4 is 34.8 Å². The van der Waals surface area contributed by atoms with Crippen molar-refractivity contribution in [2.75, 3.05) is 22.1 Å². The molecule has 0 aromatic heterocycles. The summed E-state index contributed by atoms with van der Waals surface area (Å²) in [6, 6.07) is 11.8. The molecule has 2 aromatic carbocycles. The molecule has 6 nitrogen and oxygen atoms in total. The summed E-state index contributed by atoms with van der Waals surface area (Å²) in [5, 5.41) is 4.85. The van der Waals surface area contributed by atoms with Crippen LogP contribution in [0.5, 0.6) is 0 Å². The summed E-state index contributed by atoms with van der Waals surface area (Å²) in [4.78, 5) is 37.2. The largest absolute Gasteiger partial charge is 0.318 e. The van der Waals surface area contributed by atoms with Crippen molar-refractivity contribution in [3.8, 4) is 0 Å². The minimum absolute atomic E-state index is 0.0791. The van der Waals surface area contributed by atoms with Crippen LogP contribution in [-0.2, 0) is 14.4 Å². The van der Waals surface area contributed by atoms with Gasteiger partial charge in [-0.25, -0.2) is 4.39 Å². The van der Waals surface area contributed by atoms with Gasteiger partial charge in [0.2, 0.25) is 5.91 Å². The molecule has 0 unspecified atom stereocenters.